The van der Waals surface area contributed by atoms with Crippen molar-refractivity contribution in [1.29, 1.82) is 0 Å². The van der Waals surface area contributed by atoms with Gasteiger partial charge in [-0.05, 0) is 37.1 Å². The maximum atomic E-state index is 14.1. The molecule has 3 rings (SSSR count). The van der Waals surface area contributed by atoms with E-state index in [1.165, 1.54) is 38.5 Å². The number of methoxy groups -OCH3 is 2. The van der Waals surface area contributed by atoms with Gasteiger partial charge in [0.25, 0.3) is 11.8 Å². The SMILES string of the molecule is COc1cc(NC(=O)c2ccc(Cl)cc2F)c(C(=O)N2CCCC2)cc1OC. The molecule has 8 heteroatoms. The van der Waals surface area contributed by atoms with E-state index in [0.29, 0.717) is 24.6 Å². The van der Waals surface area contributed by atoms with Gasteiger partial charge < -0.3 is 19.7 Å². The molecule has 1 N–H and O–H groups in total. The van der Waals surface area contributed by atoms with Gasteiger partial charge in [0.1, 0.15) is 5.82 Å². The fraction of sp³-hybridized carbons (Fsp3) is 0.300. The second kappa shape index (κ2) is 8.48. The number of amides is 2. The summed E-state index contributed by atoms with van der Waals surface area (Å²) in [5.41, 5.74) is 0.287. The molecular weight excluding hydrogens is 387 g/mol. The number of rotatable bonds is 5. The minimum Gasteiger partial charge on any atom is -0.493 e. The van der Waals surface area contributed by atoms with Crippen LogP contribution in [-0.2, 0) is 0 Å². The van der Waals surface area contributed by atoms with E-state index >= 15 is 0 Å². The number of hydrogen-bond acceptors (Lipinski definition) is 4. The number of halogens is 2. The Labute approximate surface area is 167 Å². The Kier molecular flexibility index (Phi) is 6.04. The molecule has 2 aromatic carbocycles. The molecule has 0 aromatic heterocycles. The monoisotopic (exact) mass is 406 g/mol. The third-order valence-corrected chi connectivity index (χ3v) is 4.81. The lowest BCUT2D eigenvalue weighted by molar-refractivity contribution is 0.0793. The molecule has 0 saturated carbocycles. The summed E-state index contributed by atoms with van der Waals surface area (Å²) in [6.45, 7) is 1.29. The summed E-state index contributed by atoms with van der Waals surface area (Å²) in [7, 11) is 2.91. The van der Waals surface area contributed by atoms with E-state index in [4.69, 9.17) is 21.1 Å². The molecule has 0 bridgehead atoms. The molecule has 0 atom stereocenters. The first-order valence-electron chi connectivity index (χ1n) is 8.76. The number of carbonyl (C=O) groups is 2. The van der Waals surface area contributed by atoms with Crippen molar-refractivity contribution in [2.24, 2.45) is 0 Å². The first kappa shape index (κ1) is 19.9. The van der Waals surface area contributed by atoms with Gasteiger partial charge in [-0.3, -0.25) is 9.59 Å². The van der Waals surface area contributed by atoms with Gasteiger partial charge in [-0.15, -0.1) is 0 Å². The molecule has 1 saturated heterocycles. The number of anilines is 1. The van der Waals surface area contributed by atoms with E-state index in [0.717, 1.165) is 18.9 Å². The average Bonchev–Trinajstić information content (AvgIpc) is 3.21. The molecule has 2 aromatic rings. The van der Waals surface area contributed by atoms with Gasteiger partial charge >= 0.3 is 0 Å². The van der Waals surface area contributed by atoms with Gasteiger partial charge in [0, 0.05) is 24.2 Å². The lowest BCUT2D eigenvalue weighted by atomic mass is 10.1. The first-order chi connectivity index (χ1) is 13.4. The van der Waals surface area contributed by atoms with Gasteiger partial charge in [0.15, 0.2) is 11.5 Å². The van der Waals surface area contributed by atoms with Crippen LogP contribution in [0.2, 0.25) is 5.02 Å². The number of likely N-dealkylation sites (tertiary alicyclic amines) is 1. The fourth-order valence-electron chi connectivity index (χ4n) is 3.11. The maximum Gasteiger partial charge on any atom is 0.258 e. The predicted octanol–water partition coefficient (Wildman–Crippen LogP) is 3.98. The normalized spacial score (nSPS) is 13.4. The third kappa shape index (κ3) is 4.04. The van der Waals surface area contributed by atoms with Crippen LogP contribution in [0.15, 0.2) is 30.3 Å². The summed E-state index contributed by atoms with van der Waals surface area (Å²) in [4.78, 5) is 27.3. The molecule has 1 heterocycles. The van der Waals surface area contributed by atoms with Gasteiger partial charge in [-0.1, -0.05) is 11.6 Å². The van der Waals surface area contributed by atoms with Crippen molar-refractivity contribution in [2.45, 2.75) is 12.8 Å². The molecule has 0 unspecified atom stereocenters. The lowest BCUT2D eigenvalue weighted by Crippen LogP contribution is -2.29. The van der Waals surface area contributed by atoms with Crippen LogP contribution >= 0.6 is 11.6 Å². The molecule has 148 valence electrons. The van der Waals surface area contributed by atoms with Crippen LogP contribution in [0.1, 0.15) is 33.6 Å². The van der Waals surface area contributed by atoms with Crippen molar-refractivity contribution in [3.05, 3.63) is 52.3 Å². The van der Waals surface area contributed by atoms with Crippen molar-refractivity contribution in [3.63, 3.8) is 0 Å². The number of ether oxygens (including phenoxy) is 2. The molecule has 0 spiro atoms. The summed E-state index contributed by atoms with van der Waals surface area (Å²) >= 11 is 5.74. The molecule has 1 aliphatic heterocycles. The summed E-state index contributed by atoms with van der Waals surface area (Å²) in [6.07, 6.45) is 1.85. The van der Waals surface area contributed by atoms with Crippen molar-refractivity contribution in [2.75, 3.05) is 32.6 Å². The average molecular weight is 407 g/mol. The molecule has 0 radical (unpaired) electrons. The fourth-order valence-corrected chi connectivity index (χ4v) is 3.27. The summed E-state index contributed by atoms with van der Waals surface area (Å²) in [6, 6.07) is 6.78. The highest BCUT2D eigenvalue weighted by molar-refractivity contribution is 6.30. The third-order valence-electron chi connectivity index (χ3n) is 4.57. The molecule has 1 aliphatic rings. The standard InChI is InChI=1S/C20H20ClFN2O4/c1-27-17-10-14(20(26)24-7-3-4-8-24)16(11-18(17)28-2)23-19(25)13-6-5-12(21)9-15(13)22/h5-6,9-11H,3-4,7-8H2,1-2H3,(H,23,25). The van der Waals surface area contributed by atoms with Gasteiger partial charge in [0.05, 0.1) is 31.0 Å². The zero-order chi connectivity index (χ0) is 20.3. The zero-order valence-corrected chi connectivity index (χ0v) is 16.3. The Morgan fingerprint density at radius 1 is 1.04 bits per heavy atom. The molecule has 28 heavy (non-hydrogen) atoms. The molecule has 2 amide bonds. The largest absolute Gasteiger partial charge is 0.493 e. The minimum atomic E-state index is -0.752. The quantitative estimate of drug-likeness (QED) is 0.815. The number of benzene rings is 2. The number of nitrogens with one attached hydrogen (secondary N) is 1. The van der Waals surface area contributed by atoms with E-state index in [2.05, 4.69) is 5.32 Å². The lowest BCUT2D eigenvalue weighted by Gasteiger charge is -2.20. The Morgan fingerprint density at radius 2 is 1.68 bits per heavy atom. The van der Waals surface area contributed by atoms with Crippen molar-refractivity contribution in [3.8, 4) is 11.5 Å². The smallest absolute Gasteiger partial charge is 0.258 e. The highest BCUT2D eigenvalue weighted by Gasteiger charge is 2.25. The number of carbonyl (C=O) groups excluding carboxylic acids is 2. The van der Waals surface area contributed by atoms with Crippen LogP contribution in [0.3, 0.4) is 0 Å². The Bertz CT molecular complexity index is 913. The molecular formula is C20H20ClFN2O4. The first-order valence-corrected chi connectivity index (χ1v) is 9.14. The Balaban J connectivity index is 1.99. The number of hydrogen-bond donors (Lipinski definition) is 1. The summed E-state index contributed by atoms with van der Waals surface area (Å²) < 4.78 is 24.7. The van der Waals surface area contributed by atoms with E-state index in [9.17, 15) is 14.0 Å². The van der Waals surface area contributed by atoms with E-state index in [1.54, 1.807) is 4.90 Å². The van der Waals surface area contributed by atoms with Crippen molar-refractivity contribution >= 4 is 29.1 Å². The predicted molar refractivity (Wildman–Crippen MR) is 104 cm³/mol. The van der Waals surface area contributed by atoms with Crippen LogP contribution in [-0.4, -0.2) is 44.0 Å². The van der Waals surface area contributed by atoms with E-state index in [1.807, 2.05) is 0 Å². The van der Waals surface area contributed by atoms with E-state index in [-0.39, 0.29) is 27.7 Å². The Hall–Kier alpha value is -2.80. The van der Waals surface area contributed by atoms with Crippen LogP contribution < -0.4 is 14.8 Å². The van der Waals surface area contributed by atoms with Crippen LogP contribution in [0.25, 0.3) is 0 Å². The maximum absolute atomic E-state index is 14.1. The topological polar surface area (TPSA) is 67.9 Å². The van der Waals surface area contributed by atoms with Gasteiger partial charge in [-0.25, -0.2) is 4.39 Å². The van der Waals surface area contributed by atoms with Crippen LogP contribution in [0, 0.1) is 5.82 Å². The second-order valence-electron chi connectivity index (χ2n) is 6.33. The highest BCUT2D eigenvalue weighted by atomic mass is 35.5. The molecule has 1 fully saturated rings. The zero-order valence-electron chi connectivity index (χ0n) is 15.6. The molecule has 0 aliphatic carbocycles. The summed E-state index contributed by atoms with van der Waals surface area (Å²) in [5, 5.41) is 2.80. The van der Waals surface area contributed by atoms with Crippen molar-refractivity contribution < 1.29 is 23.5 Å². The van der Waals surface area contributed by atoms with Gasteiger partial charge in [0.2, 0.25) is 0 Å². The molecule has 6 nitrogen and oxygen atoms in total. The highest BCUT2D eigenvalue weighted by Crippen LogP contribution is 2.35. The summed E-state index contributed by atoms with van der Waals surface area (Å²) in [5.74, 6) is -0.979. The Morgan fingerprint density at radius 3 is 2.29 bits per heavy atom. The minimum absolute atomic E-state index is 0.182. The van der Waals surface area contributed by atoms with Crippen LogP contribution in [0.5, 0.6) is 11.5 Å². The van der Waals surface area contributed by atoms with Crippen LogP contribution in [0.4, 0.5) is 10.1 Å². The number of nitrogens with zero attached hydrogens (tertiary/aromatic N) is 1. The second-order valence-corrected chi connectivity index (χ2v) is 6.77. The van der Waals surface area contributed by atoms with Crippen molar-refractivity contribution in [1.82, 2.24) is 4.90 Å². The van der Waals surface area contributed by atoms with Gasteiger partial charge in [-0.2, -0.15) is 0 Å². The van der Waals surface area contributed by atoms with E-state index < -0.39 is 11.7 Å².